The number of hydrogen-bond donors (Lipinski definition) is 2. The summed E-state index contributed by atoms with van der Waals surface area (Å²) in [5.74, 6) is 0. The normalized spacial score (nSPS) is 10.9. The summed E-state index contributed by atoms with van der Waals surface area (Å²) < 4.78 is 0. The Morgan fingerprint density at radius 1 is 1.00 bits per heavy atom. The molecular formula is C13H19N3O. The average molecular weight is 233 g/mol. The Balaban J connectivity index is 3.25. The first-order valence-electron chi connectivity index (χ1n) is 5.51. The molecule has 0 aromatic heterocycles. The monoisotopic (exact) mass is 233 g/mol. The highest BCUT2D eigenvalue weighted by Crippen LogP contribution is 2.24. The van der Waals surface area contributed by atoms with Crippen LogP contribution in [0.2, 0.25) is 0 Å². The number of rotatable bonds is 2. The predicted octanol–water partition coefficient (Wildman–Crippen LogP) is 2.23. The molecule has 0 aliphatic heterocycles. The molecule has 92 valence electrons. The Morgan fingerprint density at radius 3 is 1.82 bits per heavy atom. The Morgan fingerprint density at radius 2 is 1.41 bits per heavy atom. The fourth-order valence-electron chi connectivity index (χ4n) is 1.88. The van der Waals surface area contributed by atoms with Gasteiger partial charge in [0.05, 0.1) is 6.21 Å². The lowest BCUT2D eigenvalue weighted by molar-refractivity contribution is 0.249. The molecule has 0 heterocycles. The van der Waals surface area contributed by atoms with Gasteiger partial charge < -0.3 is 5.73 Å². The number of carbonyl (C=O) groups is 1. The maximum absolute atomic E-state index is 10.5. The molecule has 0 aliphatic rings. The highest BCUT2D eigenvalue weighted by atomic mass is 16.2. The fourth-order valence-corrected chi connectivity index (χ4v) is 1.88. The van der Waals surface area contributed by atoms with E-state index < -0.39 is 6.03 Å². The molecule has 0 bridgehead atoms. The lowest BCUT2D eigenvalue weighted by atomic mass is 9.90. The van der Waals surface area contributed by atoms with E-state index in [0.717, 1.165) is 5.56 Å². The van der Waals surface area contributed by atoms with Crippen LogP contribution in [0.1, 0.15) is 33.4 Å². The minimum Gasteiger partial charge on any atom is -0.350 e. The number of nitrogens with two attached hydrogens (primary N) is 1. The van der Waals surface area contributed by atoms with E-state index in [-0.39, 0.29) is 0 Å². The lowest BCUT2D eigenvalue weighted by Crippen LogP contribution is -2.24. The smallest absolute Gasteiger partial charge is 0.332 e. The first-order valence-corrected chi connectivity index (χ1v) is 5.51. The molecule has 2 amide bonds. The molecule has 0 aliphatic carbocycles. The van der Waals surface area contributed by atoms with Gasteiger partial charge in [-0.1, -0.05) is 0 Å². The van der Waals surface area contributed by atoms with Gasteiger partial charge in [0.15, 0.2) is 0 Å². The van der Waals surface area contributed by atoms with E-state index >= 15 is 0 Å². The van der Waals surface area contributed by atoms with Crippen molar-refractivity contribution in [3.05, 3.63) is 33.4 Å². The second-order valence-electron chi connectivity index (χ2n) is 4.27. The van der Waals surface area contributed by atoms with Crippen LogP contribution in [-0.2, 0) is 0 Å². The van der Waals surface area contributed by atoms with Crippen LogP contribution in [0.5, 0.6) is 0 Å². The van der Waals surface area contributed by atoms with Gasteiger partial charge in [-0.2, -0.15) is 5.10 Å². The summed E-state index contributed by atoms with van der Waals surface area (Å²) in [6, 6.07) is -0.655. The molecule has 0 saturated carbocycles. The maximum Gasteiger partial charge on any atom is 0.332 e. The zero-order chi connectivity index (χ0) is 13.2. The summed E-state index contributed by atoms with van der Waals surface area (Å²) in [7, 11) is 0. The van der Waals surface area contributed by atoms with E-state index in [1.165, 1.54) is 27.8 Å². The van der Waals surface area contributed by atoms with Crippen LogP contribution in [0.15, 0.2) is 5.10 Å². The molecule has 0 atom stereocenters. The molecule has 0 radical (unpaired) electrons. The summed E-state index contributed by atoms with van der Waals surface area (Å²) in [6.45, 7) is 10.4. The van der Waals surface area contributed by atoms with E-state index in [1.807, 2.05) is 0 Å². The quantitative estimate of drug-likeness (QED) is 0.597. The van der Waals surface area contributed by atoms with Crippen LogP contribution in [0, 0.1) is 34.6 Å². The highest BCUT2D eigenvalue weighted by molar-refractivity contribution is 5.86. The Kier molecular flexibility index (Phi) is 3.89. The third kappa shape index (κ3) is 2.64. The van der Waals surface area contributed by atoms with Crippen molar-refractivity contribution < 1.29 is 4.79 Å². The summed E-state index contributed by atoms with van der Waals surface area (Å²) in [6.07, 6.45) is 1.65. The van der Waals surface area contributed by atoms with Gasteiger partial charge in [0.25, 0.3) is 0 Å². The standard InChI is InChI=1S/C13H19N3O/c1-7-8(2)10(4)12(11(5)9(7)3)6-15-16-13(14)17/h6H,1-5H3,(H3,14,16,17). The van der Waals surface area contributed by atoms with Gasteiger partial charge in [-0.3, -0.25) is 0 Å². The molecule has 1 aromatic carbocycles. The van der Waals surface area contributed by atoms with Gasteiger partial charge >= 0.3 is 6.03 Å². The molecule has 1 rings (SSSR count). The Labute approximate surface area is 102 Å². The summed E-state index contributed by atoms with van der Waals surface area (Å²) in [4.78, 5) is 10.5. The summed E-state index contributed by atoms with van der Waals surface area (Å²) in [5.41, 5.74) is 14.4. The van der Waals surface area contributed by atoms with Gasteiger partial charge in [0, 0.05) is 5.56 Å². The molecule has 0 unspecified atom stereocenters. The third-order valence-electron chi connectivity index (χ3n) is 3.43. The second kappa shape index (κ2) is 4.99. The van der Waals surface area contributed by atoms with Crippen LogP contribution < -0.4 is 11.2 Å². The number of hydrogen-bond acceptors (Lipinski definition) is 2. The van der Waals surface area contributed by atoms with Crippen molar-refractivity contribution in [2.24, 2.45) is 10.8 Å². The van der Waals surface area contributed by atoms with Gasteiger partial charge in [0.1, 0.15) is 0 Å². The Bertz CT molecular complexity index is 461. The van der Waals surface area contributed by atoms with Crippen LogP contribution in [0.3, 0.4) is 0 Å². The largest absolute Gasteiger partial charge is 0.350 e. The number of amides is 2. The van der Waals surface area contributed by atoms with E-state index in [1.54, 1.807) is 6.21 Å². The second-order valence-corrected chi connectivity index (χ2v) is 4.27. The number of nitrogens with zero attached hydrogens (tertiary/aromatic N) is 1. The van der Waals surface area contributed by atoms with E-state index in [4.69, 9.17) is 5.73 Å². The molecule has 4 heteroatoms. The number of benzene rings is 1. The minimum absolute atomic E-state index is 0.655. The molecule has 4 nitrogen and oxygen atoms in total. The average Bonchev–Trinajstić information content (AvgIpc) is 2.28. The van der Waals surface area contributed by atoms with Crippen molar-refractivity contribution in [2.75, 3.05) is 0 Å². The Hall–Kier alpha value is -1.84. The number of carbonyl (C=O) groups excluding carboxylic acids is 1. The molecule has 17 heavy (non-hydrogen) atoms. The molecule has 3 N–H and O–H groups in total. The number of urea groups is 1. The van der Waals surface area contributed by atoms with E-state index in [2.05, 4.69) is 45.1 Å². The third-order valence-corrected chi connectivity index (χ3v) is 3.43. The number of nitrogens with one attached hydrogen (secondary N) is 1. The van der Waals surface area contributed by atoms with Crippen molar-refractivity contribution in [1.82, 2.24) is 5.43 Å². The molecule has 0 fully saturated rings. The topological polar surface area (TPSA) is 67.5 Å². The molecule has 0 saturated heterocycles. The highest BCUT2D eigenvalue weighted by Gasteiger charge is 2.10. The van der Waals surface area contributed by atoms with Crippen LogP contribution in [0.4, 0.5) is 4.79 Å². The van der Waals surface area contributed by atoms with Gasteiger partial charge in [-0.15, -0.1) is 0 Å². The van der Waals surface area contributed by atoms with Crippen LogP contribution in [0.25, 0.3) is 0 Å². The first-order chi connectivity index (χ1) is 7.86. The SMILES string of the molecule is Cc1c(C)c(C)c(C=NNC(N)=O)c(C)c1C. The lowest BCUT2D eigenvalue weighted by Gasteiger charge is -2.15. The predicted molar refractivity (Wildman–Crippen MR) is 70.4 cm³/mol. The summed E-state index contributed by atoms with van der Waals surface area (Å²) >= 11 is 0. The maximum atomic E-state index is 10.5. The fraction of sp³-hybridized carbons (Fsp3) is 0.385. The summed E-state index contributed by atoms with van der Waals surface area (Å²) in [5, 5.41) is 3.83. The van der Waals surface area contributed by atoms with Crippen LogP contribution in [-0.4, -0.2) is 12.2 Å². The number of primary amides is 1. The van der Waals surface area contributed by atoms with E-state index in [0.29, 0.717) is 0 Å². The van der Waals surface area contributed by atoms with Gasteiger partial charge in [0.2, 0.25) is 0 Å². The number of hydrazone groups is 1. The first kappa shape index (κ1) is 13.2. The minimum atomic E-state index is -0.655. The molecular weight excluding hydrogens is 214 g/mol. The van der Waals surface area contributed by atoms with Gasteiger partial charge in [-0.05, 0) is 62.4 Å². The zero-order valence-electron chi connectivity index (χ0n) is 11.0. The molecule has 1 aromatic rings. The van der Waals surface area contributed by atoms with E-state index in [9.17, 15) is 4.79 Å². The van der Waals surface area contributed by atoms with Crippen LogP contribution >= 0.6 is 0 Å². The van der Waals surface area contributed by atoms with Crippen molar-refractivity contribution >= 4 is 12.2 Å². The van der Waals surface area contributed by atoms with Crippen molar-refractivity contribution in [3.63, 3.8) is 0 Å². The van der Waals surface area contributed by atoms with Crippen molar-refractivity contribution in [3.8, 4) is 0 Å². The van der Waals surface area contributed by atoms with Crippen molar-refractivity contribution in [2.45, 2.75) is 34.6 Å². The zero-order valence-corrected chi connectivity index (χ0v) is 11.0. The molecule has 0 spiro atoms. The van der Waals surface area contributed by atoms with Gasteiger partial charge in [-0.25, -0.2) is 10.2 Å². The van der Waals surface area contributed by atoms with Crippen molar-refractivity contribution in [1.29, 1.82) is 0 Å².